The highest BCUT2D eigenvalue weighted by molar-refractivity contribution is 5.87. The number of hydrogen-bond donors (Lipinski definition) is 0. The van der Waals surface area contributed by atoms with E-state index in [2.05, 4.69) is 0 Å². The van der Waals surface area contributed by atoms with Crippen LogP contribution in [0.25, 0.3) is 0 Å². The lowest BCUT2D eigenvalue weighted by molar-refractivity contribution is -0.402. The maximum Gasteiger partial charge on any atom is 0.0689 e. The normalized spacial score (nSPS) is 8.33. The van der Waals surface area contributed by atoms with Gasteiger partial charge >= 0.3 is 0 Å². The predicted octanol–water partition coefficient (Wildman–Crippen LogP) is -3.20. The molecule has 0 aliphatic rings. The zero-order valence-electron chi connectivity index (χ0n) is 5.46. The van der Waals surface area contributed by atoms with Crippen molar-refractivity contribution in [1.82, 2.24) is 0 Å². The molecule has 0 spiro atoms. The number of carbonyl (C=O) groups excluding carboxylic acids is 2. The number of hydrogen-bond acceptors (Lipinski definition) is 7. The molecule has 8 nitrogen and oxygen atoms in total. The molecule has 0 heterocycles. The molecule has 0 unspecified atom stereocenters. The van der Waals surface area contributed by atoms with E-state index in [1.807, 2.05) is 0 Å². The summed E-state index contributed by atoms with van der Waals surface area (Å²) in [4.78, 5) is 27.1. The number of carboxylic acids is 2. The maximum atomic E-state index is 9.41. The Hall–Kier alpha value is -2.12. The summed E-state index contributed by atoms with van der Waals surface area (Å²) in [5.74, 6) is -3.09. The van der Waals surface area contributed by atoms with Crippen LogP contribution < -0.4 is 10.2 Å². The molecule has 0 N–H and O–H groups in total. The van der Waals surface area contributed by atoms with E-state index < -0.39 is 17.0 Å². The summed E-state index contributed by atoms with van der Waals surface area (Å²) < 4.78 is 0. The van der Waals surface area contributed by atoms with Gasteiger partial charge in [0.25, 0.3) is 0 Å². The van der Waals surface area contributed by atoms with Crippen molar-refractivity contribution >= 4 is 11.9 Å². The lowest BCUT2D eigenvalue weighted by atomic mass is 10.5. The van der Waals surface area contributed by atoms with Gasteiger partial charge in [-0.15, -0.1) is 0 Å². The van der Waals surface area contributed by atoms with Gasteiger partial charge in [-0.25, -0.2) is 0 Å². The summed E-state index contributed by atoms with van der Waals surface area (Å²) >= 11 is 0. The van der Waals surface area contributed by atoms with Crippen LogP contribution in [0.15, 0.2) is 12.2 Å². The molecule has 0 aliphatic carbocycles. The van der Waals surface area contributed by atoms with Crippen molar-refractivity contribution in [3.8, 4) is 0 Å². The second-order valence-corrected chi connectivity index (χ2v) is 1.20. The second-order valence-electron chi connectivity index (χ2n) is 1.20. The van der Waals surface area contributed by atoms with Gasteiger partial charge in [-0.05, 0) is 12.2 Å². The topological polar surface area (TPSA) is 146 Å². The highest BCUT2D eigenvalue weighted by Gasteiger charge is 1.71. The molecule has 0 aromatic rings. The summed E-state index contributed by atoms with van der Waals surface area (Å²) in [6.07, 6.45) is 0.769. The van der Waals surface area contributed by atoms with Crippen LogP contribution in [-0.2, 0) is 9.59 Å². The molecule has 0 bridgehead atoms. The van der Waals surface area contributed by atoms with Gasteiger partial charge in [0, 0.05) is 0 Å². The number of carboxylic acid groups (broad SMARTS) is 2. The van der Waals surface area contributed by atoms with Crippen molar-refractivity contribution in [2.24, 2.45) is 0 Å². The van der Waals surface area contributed by atoms with E-state index in [9.17, 15) is 19.8 Å². The summed E-state index contributed by atoms with van der Waals surface area (Å²) in [6.45, 7) is 0. The molecule has 0 aromatic carbocycles. The van der Waals surface area contributed by atoms with Gasteiger partial charge in [-0.3, -0.25) is 0 Å². The highest BCUT2D eigenvalue weighted by atomic mass is 16.9. The smallest absolute Gasteiger partial charge is 0.0689 e. The Morgan fingerprint density at radius 1 is 1.00 bits per heavy atom. The number of rotatable bonds is 2. The summed E-state index contributed by atoms with van der Waals surface area (Å²) in [5.41, 5.74) is 0. The lowest BCUT2D eigenvalue weighted by Crippen LogP contribution is -2.23. The molecule has 0 rings (SSSR count). The van der Waals surface area contributed by atoms with Crippen molar-refractivity contribution in [2.75, 3.05) is 0 Å². The van der Waals surface area contributed by atoms with Gasteiger partial charge in [-0.1, -0.05) is 0 Å². The minimum Gasteiger partial charge on any atom is -0.545 e. The molecular weight excluding hydrogens is 174 g/mol. The molecule has 0 atom stereocenters. The maximum absolute atomic E-state index is 9.41. The fraction of sp³-hybridized carbons (Fsp3) is 0. The van der Waals surface area contributed by atoms with Crippen LogP contribution in [0.5, 0.6) is 0 Å². The first-order valence-electron chi connectivity index (χ1n) is 2.27. The van der Waals surface area contributed by atoms with E-state index in [1.165, 1.54) is 0 Å². The summed E-state index contributed by atoms with van der Waals surface area (Å²) in [7, 11) is 0. The molecule has 0 saturated carbocycles. The third-order valence-corrected chi connectivity index (χ3v) is 0.355. The standard InChI is InChI=1S/C4H4O4.NO3/c5-3(6)1-2-4(7)8;2-1(3)4/h1-2H,(H,5,6)(H,7,8);/q;-1/p-2/b2-1+;. The molecule has 68 valence electrons. The third kappa shape index (κ3) is 45.0. The molecule has 0 aromatic heterocycles. The van der Waals surface area contributed by atoms with Gasteiger partial charge in [0.15, 0.2) is 0 Å². The van der Waals surface area contributed by atoms with E-state index in [1.54, 1.807) is 0 Å². The zero-order valence-corrected chi connectivity index (χ0v) is 5.46. The first-order chi connectivity index (χ1) is 5.36. The Morgan fingerprint density at radius 3 is 1.25 bits per heavy atom. The first kappa shape index (κ1) is 12.5. The van der Waals surface area contributed by atoms with Crippen molar-refractivity contribution in [1.29, 1.82) is 0 Å². The van der Waals surface area contributed by atoms with Crippen LogP contribution in [0.4, 0.5) is 0 Å². The van der Waals surface area contributed by atoms with Crippen molar-refractivity contribution < 1.29 is 24.9 Å². The molecule has 8 heteroatoms. The average Bonchev–Trinajstić information content (AvgIpc) is 1.82. The van der Waals surface area contributed by atoms with Gasteiger partial charge < -0.3 is 35.1 Å². The van der Waals surface area contributed by atoms with E-state index in [-0.39, 0.29) is 0 Å². The minimum atomic E-state index is -1.75. The van der Waals surface area contributed by atoms with Gasteiger partial charge in [0.05, 0.1) is 17.0 Å². The van der Waals surface area contributed by atoms with Gasteiger partial charge in [0.1, 0.15) is 0 Å². The molecule has 0 saturated heterocycles. The van der Waals surface area contributed by atoms with Crippen molar-refractivity contribution in [2.45, 2.75) is 0 Å². The summed E-state index contributed by atoms with van der Waals surface area (Å²) in [6, 6.07) is 0. The van der Waals surface area contributed by atoms with Crippen LogP contribution in [-0.4, -0.2) is 17.0 Å². The predicted molar refractivity (Wildman–Crippen MR) is 29.5 cm³/mol. The Labute approximate surface area is 65.5 Å². The van der Waals surface area contributed by atoms with Crippen LogP contribution in [0.3, 0.4) is 0 Å². The van der Waals surface area contributed by atoms with Crippen molar-refractivity contribution in [3.05, 3.63) is 27.5 Å². The largest absolute Gasteiger partial charge is 0.545 e. The third-order valence-electron chi connectivity index (χ3n) is 0.355. The molecule has 0 fully saturated rings. The molecule has 12 heavy (non-hydrogen) atoms. The van der Waals surface area contributed by atoms with Crippen LogP contribution >= 0.6 is 0 Å². The fourth-order valence-corrected chi connectivity index (χ4v) is 0.136. The SMILES string of the molecule is O=C([O-])/C=C/C(=O)[O-].O=[N+]([O-])[O-]. The molecule has 0 radical (unpaired) electrons. The zero-order chi connectivity index (χ0) is 10.1. The van der Waals surface area contributed by atoms with E-state index in [0.29, 0.717) is 12.2 Å². The van der Waals surface area contributed by atoms with E-state index in [0.717, 1.165) is 0 Å². The van der Waals surface area contributed by atoms with E-state index >= 15 is 0 Å². The van der Waals surface area contributed by atoms with Gasteiger partial charge in [0.2, 0.25) is 0 Å². The van der Waals surface area contributed by atoms with Crippen LogP contribution in [0.1, 0.15) is 0 Å². The monoisotopic (exact) mass is 176 g/mol. The fourth-order valence-electron chi connectivity index (χ4n) is 0.136. The van der Waals surface area contributed by atoms with Crippen LogP contribution in [0, 0.1) is 15.3 Å². The molecule has 0 aliphatic heterocycles. The Morgan fingerprint density at radius 2 is 1.17 bits per heavy atom. The number of nitrogens with zero attached hydrogens (tertiary/aromatic N) is 1. The highest BCUT2D eigenvalue weighted by Crippen LogP contribution is 1.64. The second kappa shape index (κ2) is 6.99. The Bertz CT molecular complexity index is 187. The minimum absolute atomic E-state index is 0.384. The van der Waals surface area contributed by atoms with E-state index in [4.69, 9.17) is 15.3 Å². The molecule has 0 amide bonds. The Balaban J connectivity index is 0. The van der Waals surface area contributed by atoms with Gasteiger partial charge in [-0.2, -0.15) is 0 Å². The lowest BCUT2D eigenvalue weighted by Gasteiger charge is -1.90. The number of aliphatic carboxylic acids is 2. The quantitative estimate of drug-likeness (QED) is 0.244. The average molecular weight is 176 g/mol. The number of carbonyl (C=O) groups is 2. The summed E-state index contributed by atoms with van der Waals surface area (Å²) in [5, 5.41) is 33.6. The Kier molecular flexibility index (Phi) is 7.31. The van der Waals surface area contributed by atoms with Crippen molar-refractivity contribution in [3.63, 3.8) is 0 Å². The first-order valence-corrected chi connectivity index (χ1v) is 2.27. The molecular formula is C4H2NO7-3. The van der Waals surface area contributed by atoms with Crippen LogP contribution in [0.2, 0.25) is 0 Å².